The molecule has 3 aromatic rings. The number of H-pyrrole nitrogens is 1. The van der Waals surface area contributed by atoms with Gasteiger partial charge in [-0.3, -0.25) is 14.3 Å². The van der Waals surface area contributed by atoms with E-state index in [9.17, 15) is 27.6 Å². The van der Waals surface area contributed by atoms with E-state index >= 15 is 0 Å². The summed E-state index contributed by atoms with van der Waals surface area (Å²) in [6.07, 6.45) is -4.73. The third kappa shape index (κ3) is 3.20. The fourth-order valence-electron chi connectivity index (χ4n) is 2.40. The maximum absolute atomic E-state index is 13.0. The summed E-state index contributed by atoms with van der Waals surface area (Å²) in [6.45, 7) is -0.309. The summed E-state index contributed by atoms with van der Waals surface area (Å²) in [4.78, 5) is 37.2. The lowest BCUT2D eigenvalue weighted by atomic mass is 10.0. The van der Waals surface area contributed by atoms with Crippen LogP contribution in [0.2, 0.25) is 0 Å². The molecule has 0 saturated heterocycles. The number of benzene rings is 1. The Labute approximate surface area is 140 Å². The fourth-order valence-corrected chi connectivity index (χ4v) is 3.30. The van der Waals surface area contributed by atoms with Gasteiger partial charge >= 0.3 is 17.8 Å². The zero-order chi connectivity index (χ0) is 18.4. The maximum atomic E-state index is 13.0. The van der Waals surface area contributed by atoms with Crippen molar-refractivity contribution in [3.63, 3.8) is 0 Å². The van der Waals surface area contributed by atoms with Crippen LogP contribution in [0.3, 0.4) is 0 Å². The SMILES string of the molecule is O=C(O)c1cc(Cn2c(=O)[nH]c(=O)c3ccsc32)cc(C(F)(F)F)c1. The molecule has 0 fully saturated rings. The average Bonchev–Trinajstić information content (AvgIpc) is 3.00. The number of carboxylic acid groups (broad SMARTS) is 1. The molecule has 10 heteroatoms. The lowest BCUT2D eigenvalue weighted by molar-refractivity contribution is -0.137. The van der Waals surface area contributed by atoms with E-state index in [1.807, 2.05) is 0 Å². The summed E-state index contributed by atoms with van der Waals surface area (Å²) >= 11 is 1.09. The second kappa shape index (κ2) is 5.88. The summed E-state index contributed by atoms with van der Waals surface area (Å²) < 4.78 is 40.0. The largest absolute Gasteiger partial charge is 0.478 e. The predicted octanol–water partition coefficient (Wildman–Crippen LogP) is 2.52. The number of nitrogens with one attached hydrogen (secondary N) is 1. The third-order valence-electron chi connectivity index (χ3n) is 3.51. The number of nitrogens with zero attached hydrogens (tertiary/aromatic N) is 1. The second-order valence-corrected chi connectivity index (χ2v) is 6.10. The molecule has 0 unspecified atom stereocenters. The summed E-state index contributed by atoms with van der Waals surface area (Å²) in [5.41, 5.74) is -3.05. The van der Waals surface area contributed by atoms with Crippen LogP contribution in [-0.2, 0) is 12.7 Å². The lowest BCUT2D eigenvalue weighted by Crippen LogP contribution is -2.30. The first-order valence-electron chi connectivity index (χ1n) is 6.81. The fraction of sp³-hybridized carbons (Fsp3) is 0.133. The Kier molecular flexibility index (Phi) is 3.99. The first-order valence-corrected chi connectivity index (χ1v) is 7.69. The topological polar surface area (TPSA) is 92.2 Å². The molecule has 2 N–H and O–H groups in total. The van der Waals surface area contributed by atoms with Gasteiger partial charge in [0.05, 0.1) is 23.1 Å². The lowest BCUT2D eigenvalue weighted by Gasteiger charge is -2.12. The van der Waals surface area contributed by atoms with E-state index in [1.54, 1.807) is 5.38 Å². The van der Waals surface area contributed by atoms with Crippen LogP contribution >= 0.6 is 11.3 Å². The second-order valence-electron chi connectivity index (χ2n) is 5.21. The van der Waals surface area contributed by atoms with Crippen LogP contribution in [0.25, 0.3) is 10.2 Å². The van der Waals surface area contributed by atoms with E-state index in [4.69, 9.17) is 5.11 Å². The summed E-state index contributed by atoms with van der Waals surface area (Å²) in [6, 6.07) is 3.86. The highest BCUT2D eigenvalue weighted by Crippen LogP contribution is 2.31. The van der Waals surface area contributed by atoms with Gasteiger partial charge in [0, 0.05) is 0 Å². The molecule has 0 radical (unpaired) electrons. The number of halogens is 3. The Morgan fingerprint density at radius 2 is 1.96 bits per heavy atom. The van der Waals surface area contributed by atoms with Crippen molar-refractivity contribution in [2.75, 3.05) is 0 Å². The van der Waals surface area contributed by atoms with Gasteiger partial charge < -0.3 is 5.11 Å². The van der Waals surface area contributed by atoms with Crippen molar-refractivity contribution in [1.82, 2.24) is 9.55 Å². The first-order chi connectivity index (χ1) is 11.7. The van der Waals surface area contributed by atoms with Gasteiger partial charge in [-0.1, -0.05) is 0 Å². The van der Waals surface area contributed by atoms with E-state index in [-0.39, 0.29) is 17.5 Å². The molecule has 0 aliphatic rings. The summed E-state index contributed by atoms with van der Waals surface area (Å²) in [5, 5.41) is 10.8. The zero-order valence-electron chi connectivity index (χ0n) is 12.3. The molecule has 6 nitrogen and oxygen atoms in total. The molecule has 0 aliphatic heterocycles. The van der Waals surface area contributed by atoms with Crippen LogP contribution in [0.15, 0.2) is 39.2 Å². The predicted molar refractivity (Wildman–Crippen MR) is 84.2 cm³/mol. The summed E-state index contributed by atoms with van der Waals surface area (Å²) in [7, 11) is 0. The molecule has 0 bridgehead atoms. The molecule has 0 amide bonds. The molecule has 0 spiro atoms. The number of hydrogen-bond acceptors (Lipinski definition) is 4. The van der Waals surface area contributed by atoms with Crippen LogP contribution in [0.1, 0.15) is 21.5 Å². The highest BCUT2D eigenvalue weighted by atomic mass is 32.1. The Balaban J connectivity index is 2.17. The number of thiophene rings is 1. The Hall–Kier alpha value is -2.88. The maximum Gasteiger partial charge on any atom is 0.416 e. The molecule has 25 heavy (non-hydrogen) atoms. The molecule has 0 atom stereocenters. The van der Waals surface area contributed by atoms with Crippen LogP contribution in [0, 0.1) is 0 Å². The van der Waals surface area contributed by atoms with E-state index in [0.717, 1.165) is 28.0 Å². The van der Waals surface area contributed by atoms with Gasteiger partial charge in [0.2, 0.25) is 0 Å². The molecule has 1 aromatic carbocycles. The minimum atomic E-state index is -4.73. The molecule has 2 heterocycles. The number of carboxylic acids is 1. The number of aromatic carboxylic acids is 1. The van der Waals surface area contributed by atoms with E-state index in [0.29, 0.717) is 10.9 Å². The van der Waals surface area contributed by atoms with Gasteiger partial charge in [-0.2, -0.15) is 13.2 Å². The van der Waals surface area contributed by atoms with Gasteiger partial charge in [0.1, 0.15) is 4.83 Å². The molecule has 0 aliphatic carbocycles. The third-order valence-corrected chi connectivity index (χ3v) is 4.44. The Morgan fingerprint density at radius 3 is 2.60 bits per heavy atom. The van der Waals surface area contributed by atoms with Crippen molar-refractivity contribution in [3.8, 4) is 0 Å². The first kappa shape index (κ1) is 17.0. The van der Waals surface area contributed by atoms with Gasteiger partial charge in [-0.15, -0.1) is 11.3 Å². The van der Waals surface area contributed by atoms with Gasteiger partial charge in [-0.25, -0.2) is 9.59 Å². The van der Waals surface area contributed by atoms with Crippen LogP contribution < -0.4 is 11.2 Å². The number of aromatic amines is 1. The monoisotopic (exact) mass is 370 g/mol. The van der Waals surface area contributed by atoms with Crippen molar-refractivity contribution in [1.29, 1.82) is 0 Å². The van der Waals surface area contributed by atoms with Crippen molar-refractivity contribution in [2.24, 2.45) is 0 Å². The normalized spacial score (nSPS) is 11.8. The van der Waals surface area contributed by atoms with Crippen molar-refractivity contribution in [2.45, 2.75) is 12.7 Å². The minimum absolute atomic E-state index is 0.0175. The van der Waals surface area contributed by atoms with Crippen molar-refractivity contribution in [3.05, 3.63) is 67.2 Å². The Morgan fingerprint density at radius 1 is 1.24 bits per heavy atom. The van der Waals surface area contributed by atoms with E-state index < -0.39 is 34.5 Å². The Bertz CT molecular complexity index is 1090. The van der Waals surface area contributed by atoms with Gasteiger partial charge in [-0.05, 0) is 35.2 Å². The molecule has 3 rings (SSSR count). The highest BCUT2D eigenvalue weighted by Gasteiger charge is 2.32. The molecular formula is C15H9F3N2O4S. The van der Waals surface area contributed by atoms with Crippen molar-refractivity contribution < 1.29 is 23.1 Å². The quantitative estimate of drug-likeness (QED) is 0.741. The number of aromatic nitrogens is 2. The van der Waals surface area contributed by atoms with Crippen LogP contribution in [0.4, 0.5) is 13.2 Å². The number of rotatable bonds is 3. The summed E-state index contributed by atoms with van der Waals surface area (Å²) in [5.74, 6) is -1.51. The molecule has 130 valence electrons. The van der Waals surface area contributed by atoms with E-state index in [2.05, 4.69) is 4.98 Å². The van der Waals surface area contributed by atoms with Crippen molar-refractivity contribution >= 4 is 27.5 Å². The zero-order valence-corrected chi connectivity index (χ0v) is 13.1. The van der Waals surface area contributed by atoms with Crippen LogP contribution in [-0.4, -0.2) is 20.6 Å². The number of carbonyl (C=O) groups is 1. The molecule has 2 aromatic heterocycles. The van der Waals surface area contributed by atoms with Crippen LogP contribution in [0.5, 0.6) is 0 Å². The number of fused-ring (bicyclic) bond motifs is 1. The smallest absolute Gasteiger partial charge is 0.416 e. The van der Waals surface area contributed by atoms with Gasteiger partial charge in [0.25, 0.3) is 5.56 Å². The van der Waals surface area contributed by atoms with Gasteiger partial charge in [0.15, 0.2) is 0 Å². The number of hydrogen-bond donors (Lipinski definition) is 2. The standard InChI is InChI=1S/C15H9F3N2O4S/c16-15(17,18)9-4-7(3-8(5-9)13(22)23)6-20-12-10(1-2-25-12)11(21)19-14(20)24/h1-5H,6H2,(H,22,23)(H,19,21,24). The average molecular weight is 370 g/mol. The number of alkyl halides is 3. The highest BCUT2D eigenvalue weighted by molar-refractivity contribution is 7.16. The molecular weight excluding hydrogens is 361 g/mol. The van der Waals surface area contributed by atoms with E-state index in [1.165, 1.54) is 6.07 Å². The molecule has 0 saturated carbocycles. The minimum Gasteiger partial charge on any atom is -0.478 e.